The van der Waals surface area contributed by atoms with Crippen molar-refractivity contribution >= 4 is 39.2 Å². The van der Waals surface area contributed by atoms with Crippen LogP contribution in [0.5, 0.6) is 5.75 Å². The molecule has 8 heteroatoms. The number of nitrogens with one attached hydrogen (secondary N) is 1. The Morgan fingerprint density at radius 3 is 2.71 bits per heavy atom. The fraction of sp³-hybridized carbons (Fsp3) is 0.269. The highest BCUT2D eigenvalue weighted by atomic mass is 32.2. The van der Waals surface area contributed by atoms with E-state index in [0.717, 1.165) is 22.4 Å². The standard InChI is InChI=1S/C26H27N3O3S2/c1-15-10-11-18(12-16(15)2)20-14-33-24-22(20)25(31)29(4)26(28-24)34-17(3)23(30)27-13-19-8-6-7-9-21(19)32-5/h6-12,14,17H,13H2,1-5H3,(H,27,30). The van der Waals surface area contributed by atoms with E-state index in [1.54, 1.807) is 14.2 Å². The number of para-hydroxylation sites is 1. The number of amides is 1. The van der Waals surface area contributed by atoms with E-state index in [0.29, 0.717) is 21.9 Å². The van der Waals surface area contributed by atoms with E-state index in [2.05, 4.69) is 31.3 Å². The molecule has 0 aliphatic heterocycles. The van der Waals surface area contributed by atoms with Crippen molar-refractivity contribution in [3.63, 3.8) is 0 Å². The van der Waals surface area contributed by atoms with Crippen LogP contribution < -0.4 is 15.6 Å². The third-order valence-corrected chi connectivity index (χ3v) is 7.90. The average molecular weight is 494 g/mol. The molecule has 0 aliphatic rings. The van der Waals surface area contributed by atoms with Crippen molar-refractivity contribution in [3.8, 4) is 16.9 Å². The van der Waals surface area contributed by atoms with Gasteiger partial charge >= 0.3 is 0 Å². The lowest BCUT2D eigenvalue weighted by atomic mass is 10.0. The van der Waals surface area contributed by atoms with Crippen LogP contribution >= 0.6 is 23.1 Å². The van der Waals surface area contributed by atoms with Crippen molar-refractivity contribution in [3.05, 3.63) is 74.9 Å². The van der Waals surface area contributed by atoms with Crippen LogP contribution in [0.1, 0.15) is 23.6 Å². The van der Waals surface area contributed by atoms with Crippen LogP contribution in [0, 0.1) is 13.8 Å². The average Bonchev–Trinajstić information content (AvgIpc) is 3.26. The second-order valence-corrected chi connectivity index (χ2v) is 10.3. The summed E-state index contributed by atoms with van der Waals surface area (Å²) in [6, 6.07) is 13.8. The Hall–Kier alpha value is -3.10. The lowest BCUT2D eigenvalue weighted by Crippen LogP contribution is -2.31. The molecule has 0 saturated heterocycles. The van der Waals surface area contributed by atoms with E-state index >= 15 is 0 Å². The second kappa shape index (κ2) is 10.0. The molecule has 1 amide bonds. The molecule has 0 fully saturated rings. The fourth-order valence-electron chi connectivity index (χ4n) is 3.67. The first kappa shape index (κ1) is 24.0. The van der Waals surface area contributed by atoms with Gasteiger partial charge in [-0.3, -0.25) is 14.2 Å². The monoisotopic (exact) mass is 493 g/mol. The third kappa shape index (κ3) is 4.74. The topological polar surface area (TPSA) is 73.2 Å². The summed E-state index contributed by atoms with van der Waals surface area (Å²) >= 11 is 2.73. The summed E-state index contributed by atoms with van der Waals surface area (Å²) < 4.78 is 6.88. The number of hydrogen-bond donors (Lipinski definition) is 1. The van der Waals surface area contributed by atoms with Crippen molar-refractivity contribution in [2.75, 3.05) is 7.11 Å². The van der Waals surface area contributed by atoms with Gasteiger partial charge in [0.25, 0.3) is 5.56 Å². The van der Waals surface area contributed by atoms with Crippen LogP contribution in [0.15, 0.2) is 57.8 Å². The van der Waals surface area contributed by atoms with Crippen LogP contribution in [0.4, 0.5) is 0 Å². The number of ether oxygens (including phenoxy) is 1. The van der Waals surface area contributed by atoms with Gasteiger partial charge in [-0.2, -0.15) is 0 Å². The molecular formula is C26H27N3O3S2. The van der Waals surface area contributed by atoms with Crippen LogP contribution in [0.25, 0.3) is 21.3 Å². The zero-order chi connectivity index (χ0) is 24.4. The van der Waals surface area contributed by atoms with Gasteiger partial charge in [-0.05, 0) is 43.5 Å². The lowest BCUT2D eigenvalue weighted by molar-refractivity contribution is -0.120. The third-order valence-electron chi connectivity index (χ3n) is 5.89. The molecule has 4 aromatic rings. The van der Waals surface area contributed by atoms with Crippen molar-refractivity contribution in [1.29, 1.82) is 0 Å². The Labute approximate surface area is 207 Å². The van der Waals surface area contributed by atoms with Gasteiger partial charge in [-0.1, -0.05) is 48.2 Å². The first-order chi connectivity index (χ1) is 16.3. The fourth-order valence-corrected chi connectivity index (χ4v) is 5.55. The lowest BCUT2D eigenvalue weighted by Gasteiger charge is -2.14. The molecule has 0 bridgehead atoms. The molecule has 1 atom stereocenters. The second-order valence-electron chi connectivity index (χ2n) is 8.18. The number of benzene rings is 2. The highest BCUT2D eigenvalue weighted by molar-refractivity contribution is 8.00. The highest BCUT2D eigenvalue weighted by Crippen LogP contribution is 2.33. The molecule has 1 N–H and O–H groups in total. The number of rotatable bonds is 7. The Kier molecular flexibility index (Phi) is 7.09. The Morgan fingerprint density at radius 2 is 1.97 bits per heavy atom. The predicted molar refractivity (Wildman–Crippen MR) is 140 cm³/mol. The molecule has 0 radical (unpaired) electrons. The minimum absolute atomic E-state index is 0.108. The number of carbonyl (C=O) groups is 1. The van der Waals surface area contributed by atoms with E-state index in [9.17, 15) is 9.59 Å². The molecule has 1 unspecified atom stereocenters. The number of fused-ring (bicyclic) bond motifs is 1. The van der Waals surface area contributed by atoms with Gasteiger partial charge < -0.3 is 10.1 Å². The Morgan fingerprint density at radius 1 is 1.21 bits per heavy atom. The number of nitrogens with zero attached hydrogens (tertiary/aromatic N) is 2. The number of hydrogen-bond acceptors (Lipinski definition) is 6. The largest absolute Gasteiger partial charge is 0.496 e. The van der Waals surface area contributed by atoms with Gasteiger partial charge in [-0.15, -0.1) is 11.3 Å². The van der Waals surface area contributed by atoms with E-state index in [-0.39, 0.29) is 11.5 Å². The normalized spacial score (nSPS) is 12.0. The Bertz CT molecular complexity index is 1420. The van der Waals surface area contributed by atoms with E-state index in [1.807, 2.05) is 42.6 Å². The smallest absolute Gasteiger partial charge is 0.263 e. The summed E-state index contributed by atoms with van der Waals surface area (Å²) in [5.74, 6) is 0.599. The summed E-state index contributed by atoms with van der Waals surface area (Å²) in [5.41, 5.74) is 5.10. The maximum Gasteiger partial charge on any atom is 0.263 e. The van der Waals surface area contributed by atoms with E-state index < -0.39 is 5.25 Å². The molecule has 2 aromatic carbocycles. The van der Waals surface area contributed by atoms with Crippen LogP contribution in [-0.4, -0.2) is 27.8 Å². The van der Waals surface area contributed by atoms with Gasteiger partial charge in [0.15, 0.2) is 5.16 Å². The number of thioether (sulfide) groups is 1. The number of carbonyl (C=O) groups excluding carboxylic acids is 1. The van der Waals surface area contributed by atoms with Gasteiger partial charge in [0, 0.05) is 30.1 Å². The maximum atomic E-state index is 13.3. The SMILES string of the molecule is COc1ccccc1CNC(=O)C(C)Sc1nc2scc(-c3ccc(C)c(C)c3)c2c(=O)n1C. The van der Waals surface area contributed by atoms with Gasteiger partial charge in [0.2, 0.25) is 5.91 Å². The summed E-state index contributed by atoms with van der Waals surface area (Å²) in [6.07, 6.45) is 0. The van der Waals surface area contributed by atoms with Crippen LogP contribution in [0.3, 0.4) is 0 Å². The predicted octanol–water partition coefficient (Wildman–Crippen LogP) is 5.08. The number of aromatic nitrogens is 2. The van der Waals surface area contributed by atoms with Crippen molar-refractivity contribution in [1.82, 2.24) is 14.9 Å². The van der Waals surface area contributed by atoms with Crippen LogP contribution in [-0.2, 0) is 18.4 Å². The molecule has 4 rings (SSSR count). The minimum Gasteiger partial charge on any atom is -0.496 e. The molecule has 0 aliphatic carbocycles. The molecule has 0 spiro atoms. The summed E-state index contributed by atoms with van der Waals surface area (Å²) in [5, 5.41) is 5.65. The number of methoxy groups -OCH3 is 1. The van der Waals surface area contributed by atoms with Crippen molar-refractivity contribution < 1.29 is 9.53 Å². The van der Waals surface area contributed by atoms with Crippen LogP contribution in [0.2, 0.25) is 0 Å². The molecule has 176 valence electrons. The van der Waals surface area contributed by atoms with Crippen molar-refractivity contribution in [2.24, 2.45) is 7.05 Å². The van der Waals surface area contributed by atoms with Gasteiger partial charge in [0.05, 0.1) is 17.7 Å². The summed E-state index contributed by atoms with van der Waals surface area (Å²) in [4.78, 5) is 31.4. The van der Waals surface area contributed by atoms with Crippen molar-refractivity contribution in [2.45, 2.75) is 37.7 Å². The first-order valence-electron chi connectivity index (χ1n) is 10.9. The molecule has 2 aromatic heterocycles. The van der Waals surface area contributed by atoms with Gasteiger partial charge in [0.1, 0.15) is 10.6 Å². The first-order valence-corrected chi connectivity index (χ1v) is 12.7. The summed E-state index contributed by atoms with van der Waals surface area (Å²) in [6.45, 7) is 6.32. The number of aryl methyl sites for hydroxylation is 2. The minimum atomic E-state index is -0.426. The van der Waals surface area contributed by atoms with Gasteiger partial charge in [-0.25, -0.2) is 4.98 Å². The molecular weight excluding hydrogens is 466 g/mol. The molecule has 34 heavy (non-hydrogen) atoms. The maximum absolute atomic E-state index is 13.3. The molecule has 6 nitrogen and oxygen atoms in total. The van der Waals surface area contributed by atoms with E-state index in [1.165, 1.54) is 38.8 Å². The Balaban J connectivity index is 1.55. The molecule has 2 heterocycles. The quantitative estimate of drug-likeness (QED) is 0.287. The summed E-state index contributed by atoms with van der Waals surface area (Å²) in [7, 11) is 3.32. The number of thiophene rings is 1. The van der Waals surface area contributed by atoms with E-state index in [4.69, 9.17) is 9.72 Å². The zero-order valence-electron chi connectivity index (χ0n) is 19.8. The zero-order valence-corrected chi connectivity index (χ0v) is 21.5. The highest BCUT2D eigenvalue weighted by Gasteiger charge is 2.21. The molecule has 0 saturated carbocycles.